The second-order valence-electron chi connectivity index (χ2n) is 30.1. The molecule has 16 aromatic carbocycles. The zero-order valence-electron chi connectivity index (χ0n) is 57.9. The molecule has 0 saturated heterocycles. The van der Waals surface area contributed by atoms with Crippen LogP contribution in [0, 0.1) is 10.8 Å². The molecule has 4 nitrogen and oxygen atoms in total. The molecule has 486 valence electrons. The Balaban J connectivity index is 0.995. The fourth-order valence-electron chi connectivity index (χ4n) is 19.4. The average molecular weight is 1310 g/mol. The van der Waals surface area contributed by atoms with Crippen molar-refractivity contribution in [3.8, 4) is 44.5 Å². The minimum absolute atomic E-state index is 0.580. The van der Waals surface area contributed by atoms with Gasteiger partial charge in [0.25, 0.3) is 0 Å². The number of hydrogen-bond acceptors (Lipinski definition) is 4. The van der Waals surface area contributed by atoms with Gasteiger partial charge in [-0.1, -0.05) is 321 Å². The first-order chi connectivity index (χ1) is 49.9. The molecule has 2 aliphatic carbocycles. The fraction of sp³-hybridized carbons (Fsp3) is 0.102. The molecule has 2 atom stereocenters. The molecule has 20 rings (SSSR count). The van der Waals surface area contributed by atoms with Gasteiger partial charge >= 0.3 is 0 Å². The third-order valence-electron chi connectivity index (χ3n) is 23.0. The third kappa shape index (κ3) is 8.15. The van der Waals surface area contributed by atoms with E-state index in [-0.39, 0.29) is 0 Å². The Kier molecular flexibility index (Phi) is 13.0. The van der Waals surface area contributed by atoms with Gasteiger partial charge in [0.1, 0.15) is 11.2 Å². The van der Waals surface area contributed by atoms with Crippen LogP contribution in [0.1, 0.15) is 63.8 Å². The van der Waals surface area contributed by atoms with Gasteiger partial charge in [-0.3, -0.25) is 0 Å². The summed E-state index contributed by atoms with van der Waals surface area (Å²) in [7, 11) is 0. The molecule has 0 bridgehead atoms. The van der Waals surface area contributed by atoms with Gasteiger partial charge in [-0.25, -0.2) is 0 Å². The largest absolute Gasteiger partial charge is 0.454 e. The molecular weight excluding hydrogens is 1240 g/mol. The Morgan fingerprint density at radius 1 is 0.235 bits per heavy atom. The standard InChI is InChI=1S/C98H72N2O2/c1-95(2,3)97(77-57-55-63-35-13-15-39-67(63)89(77)91-73-45-19-17-41-69(73)85(59-79(91)97)99(81-49-25-21-37-65(81)61-31-9-7-10-32-61)83-51-29-47-75-71-43-23-27-53-87(71)101-93(75)83)98(96(4,5)6)78-58-56-64-36-14-16-40-68(64)90(78)92-74-46-20-18-42-70(74)86(60-80(92)98)100(82-50-26-22-38-66(82)62-33-11-8-12-34-62)84-52-30-48-76-72-44-24-28-54-88(72)102-94(76)84/h7-60H,1-6H3. The zero-order valence-corrected chi connectivity index (χ0v) is 57.9. The Hall–Kier alpha value is -12.2. The number of rotatable bonds is 9. The average Bonchev–Trinajstić information content (AvgIpc) is 1.45. The summed E-state index contributed by atoms with van der Waals surface area (Å²) < 4.78 is 14.5. The predicted octanol–water partition coefficient (Wildman–Crippen LogP) is 27.7. The Labute approximate surface area is 593 Å². The van der Waals surface area contributed by atoms with E-state index in [1.54, 1.807) is 0 Å². The van der Waals surface area contributed by atoms with Crippen molar-refractivity contribution in [2.24, 2.45) is 10.8 Å². The van der Waals surface area contributed by atoms with E-state index < -0.39 is 21.7 Å². The summed E-state index contributed by atoms with van der Waals surface area (Å²) >= 11 is 0. The molecule has 18 aromatic rings. The Morgan fingerprint density at radius 2 is 0.549 bits per heavy atom. The quantitative estimate of drug-likeness (QED) is 0.144. The van der Waals surface area contributed by atoms with E-state index >= 15 is 0 Å². The first kappa shape index (κ1) is 59.8. The summed E-state index contributed by atoms with van der Waals surface area (Å²) in [6.45, 7) is 15.4. The lowest BCUT2D eigenvalue weighted by Gasteiger charge is -2.62. The van der Waals surface area contributed by atoms with Gasteiger partial charge in [0.15, 0.2) is 11.2 Å². The summed E-state index contributed by atoms with van der Waals surface area (Å²) in [6, 6.07) is 123. The topological polar surface area (TPSA) is 32.8 Å². The SMILES string of the molecule is CC(C)(C)C1(C2(C(C)(C)C)c3ccc4ccccc4c3-c3c2cc(N(c2ccccc2-c2ccccc2)c2cccc4c2oc2ccccc24)c2ccccc32)c2ccc3ccccc3c2-c2c1cc(N(c1ccccc1-c1ccccc1)c1cccc3c1oc1ccccc13)c1ccccc21. The lowest BCUT2D eigenvalue weighted by molar-refractivity contribution is 0.0596. The molecule has 0 fully saturated rings. The number of para-hydroxylation sites is 6. The lowest BCUT2D eigenvalue weighted by atomic mass is 9.39. The van der Waals surface area contributed by atoms with Gasteiger partial charge in [0, 0.05) is 54.3 Å². The maximum atomic E-state index is 7.26. The maximum absolute atomic E-state index is 7.26. The predicted molar refractivity (Wildman–Crippen MR) is 429 cm³/mol. The van der Waals surface area contributed by atoms with Crippen molar-refractivity contribution in [2.45, 2.75) is 52.4 Å². The summed E-state index contributed by atoms with van der Waals surface area (Å²) in [5.41, 5.74) is 21.3. The van der Waals surface area contributed by atoms with Crippen molar-refractivity contribution in [2.75, 3.05) is 9.80 Å². The van der Waals surface area contributed by atoms with E-state index in [9.17, 15) is 0 Å². The highest BCUT2D eigenvalue weighted by atomic mass is 16.3. The van der Waals surface area contributed by atoms with E-state index in [1.165, 1.54) is 76.8 Å². The number of benzene rings is 16. The molecule has 2 unspecified atom stereocenters. The summed E-state index contributed by atoms with van der Waals surface area (Å²) in [6.07, 6.45) is 0. The Bertz CT molecular complexity index is 6100. The minimum Gasteiger partial charge on any atom is -0.454 e. The highest BCUT2D eigenvalue weighted by Crippen LogP contribution is 2.77. The minimum atomic E-state index is -0.907. The Morgan fingerprint density at radius 3 is 0.961 bits per heavy atom. The van der Waals surface area contributed by atoms with Crippen LogP contribution in [-0.4, -0.2) is 0 Å². The normalized spacial score (nSPS) is 15.6. The van der Waals surface area contributed by atoms with Crippen LogP contribution in [0.3, 0.4) is 0 Å². The second kappa shape index (κ2) is 22.1. The third-order valence-corrected chi connectivity index (χ3v) is 23.0. The van der Waals surface area contributed by atoms with Crippen molar-refractivity contribution in [3.05, 3.63) is 350 Å². The molecule has 0 saturated carbocycles. The van der Waals surface area contributed by atoms with Gasteiger partial charge in [0.2, 0.25) is 0 Å². The second-order valence-corrected chi connectivity index (χ2v) is 30.1. The highest BCUT2D eigenvalue weighted by molar-refractivity contribution is 6.21. The van der Waals surface area contributed by atoms with Crippen LogP contribution in [0.5, 0.6) is 0 Å². The fourth-order valence-corrected chi connectivity index (χ4v) is 19.4. The number of furan rings is 2. The number of nitrogens with zero attached hydrogens (tertiary/aromatic N) is 2. The summed E-state index contributed by atoms with van der Waals surface area (Å²) in [4.78, 5) is 5.12. The van der Waals surface area contributed by atoms with Gasteiger partial charge in [-0.05, 0) is 147 Å². The first-order valence-corrected chi connectivity index (χ1v) is 35.8. The van der Waals surface area contributed by atoms with Crippen molar-refractivity contribution in [3.63, 3.8) is 0 Å². The van der Waals surface area contributed by atoms with Gasteiger partial charge < -0.3 is 18.6 Å². The summed E-state index contributed by atoms with van der Waals surface area (Å²) in [5, 5.41) is 13.8. The van der Waals surface area contributed by atoms with Crippen molar-refractivity contribution in [1.82, 2.24) is 0 Å². The zero-order chi connectivity index (χ0) is 68.4. The van der Waals surface area contributed by atoms with Gasteiger partial charge in [-0.2, -0.15) is 0 Å². The number of hydrogen-bond donors (Lipinski definition) is 0. The highest BCUT2D eigenvalue weighted by Gasteiger charge is 2.71. The molecule has 0 spiro atoms. The first-order valence-electron chi connectivity index (χ1n) is 35.8. The van der Waals surface area contributed by atoms with Crippen LogP contribution in [0.2, 0.25) is 0 Å². The van der Waals surface area contributed by atoms with Crippen LogP contribution < -0.4 is 9.80 Å². The van der Waals surface area contributed by atoms with E-state index in [4.69, 9.17) is 8.83 Å². The number of fused-ring (bicyclic) bond motifs is 20. The molecule has 2 aliphatic rings. The van der Waals surface area contributed by atoms with Crippen molar-refractivity contribution >= 4 is 121 Å². The van der Waals surface area contributed by atoms with Crippen LogP contribution >= 0.6 is 0 Å². The molecule has 0 aliphatic heterocycles. The molecule has 0 N–H and O–H groups in total. The number of anilines is 6. The molecule has 2 aromatic heterocycles. The monoisotopic (exact) mass is 1310 g/mol. The molecule has 0 amide bonds. The van der Waals surface area contributed by atoms with Crippen LogP contribution in [0.25, 0.3) is 131 Å². The maximum Gasteiger partial charge on any atom is 0.159 e. The molecule has 2 heterocycles. The molecule has 0 radical (unpaired) electrons. The van der Waals surface area contributed by atoms with Crippen LogP contribution in [0.4, 0.5) is 34.1 Å². The summed E-state index contributed by atoms with van der Waals surface area (Å²) in [5.74, 6) is 0. The van der Waals surface area contributed by atoms with Crippen molar-refractivity contribution < 1.29 is 8.83 Å². The van der Waals surface area contributed by atoms with Gasteiger partial charge in [-0.15, -0.1) is 0 Å². The molecular formula is C98H72N2O2. The van der Waals surface area contributed by atoms with E-state index in [0.717, 1.165) is 111 Å². The van der Waals surface area contributed by atoms with E-state index in [0.29, 0.717) is 0 Å². The molecule has 4 heteroatoms. The smallest absolute Gasteiger partial charge is 0.159 e. The van der Waals surface area contributed by atoms with Crippen LogP contribution in [0.15, 0.2) is 336 Å². The van der Waals surface area contributed by atoms with E-state index in [2.05, 4.69) is 379 Å². The van der Waals surface area contributed by atoms with Crippen LogP contribution in [-0.2, 0) is 10.8 Å². The van der Waals surface area contributed by atoms with E-state index in [1.807, 2.05) is 0 Å². The van der Waals surface area contributed by atoms with Crippen molar-refractivity contribution in [1.29, 1.82) is 0 Å². The van der Waals surface area contributed by atoms with Gasteiger partial charge in [0.05, 0.1) is 34.1 Å². The molecule has 102 heavy (non-hydrogen) atoms. The lowest BCUT2D eigenvalue weighted by Crippen LogP contribution is -2.62.